The van der Waals surface area contributed by atoms with Crippen LogP contribution in [0.4, 0.5) is 0 Å². The van der Waals surface area contributed by atoms with Crippen LogP contribution < -0.4 is 4.74 Å². The number of halogens is 1. The normalized spacial score (nSPS) is 10.7. The summed E-state index contributed by atoms with van der Waals surface area (Å²) in [6.45, 7) is 4.66. The van der Waals surface area contributed by atoms with Crippen molar-refractivity contribution >= 4 is 15.9 Å². The topological polar surface area (TPSA) is 9.23 Å². The molecular weight excluding hydrogens is 228 g/mol. The molecule has 1 aromatic carbocycles. The average Bonchev–Trinajstić information content (AvgIpc) is 2.11. The molecule has 0 spiro atoms. The van der Waals surface area contributed by atoms with Gasteiger partial charge in [0.05, 0.1) is 0 Å². The predicted octanol–water partition coefficient (Wildman–Crippen LogP) is 3.71. The lowest BCUT2D eigenvalue weighted by molar-refractivity contribution is 0.360. The van der Waals surface area contributed by atoms with Gasteiger partial charge in [0, 0.05) is 4.47 Å². The number of benzene rings is 1. The van der Waals surface area contributed by atoms with Crippen molar-refractivity contribution in [3.63, 3.8) is 0 Å². The lowest BCUT2D eigenvalue weighted by Gasteiger charge is -2.06. The van der Waals surface area contributed by atoms with Crippen LogP contribution >= 0.6 is 15.9 Å². The Hall–Kier alpha value is -0.760. The molecule has 0 aliphatic carbocycles. The maximum absolute atomic E-state index is 5.54. The molecule has 0 aliphatic rings. The predicted molar refractivity (Wildman–Crippen MR) is 59.2 cm³/mol. The van der Waals surface area contributed by atoms with E-state index in [0.29, 0.717) is 6.61 Å². The van der Waals surface area contributed by atoms with E-state index in [9.17, 15) is 0 Å². The first kappa shape index (κ1) is 10.3. The molecule has 0 atom stereocenters. The quantitative estimate of drug-likeness (QED) is 0.733. The van der Waals surface area contributed by atoms with Crippen LogP contribution in [0.5, 0.6) is 5.75 Å². The standard InChI is InChI=1S/C11H13BrO/c1-3-4-7-13-11-8-10(12)6-5-9(11)2/h3-6,8H,7H2,1-2H3/b4-3+. The molecule has 0 fully saturated rings. The Balaban J connectivity index is 2.69. The third kappa shape index (κ3) is 3.23. The number of ether oxygens (including phenoxy) is 1. The summed E-state index contributed by atoms with van der Waals surface area (Å²) in [6.07, 6.45) is 3.97. The lowest BCUT2D eigenvalue weighted by Crippen LogP contribution is -1.94. The number of aryl methyl sites for hydroxylation is 1. The van der Waals surface area contributed by atoms with Gasteiger partial charge in [-0.3, -0.25) is 0 Å². The molecule has 0 N–H and O–H groups in total. The van der Waals surface area contributed by atoms with E-state index in [0.717, 1.165) is 15.8 Å². The maximum atomic E-state index is 5.54. The minimum atomic E-state index is 0.633. The van der Waals surface area contributed by atoms with Crippen molar-refractivity contribution in [2.75, 3.05) is 6.61 Å². The molecule has 0 amide bonds. The van der Waals surface area contributed by atoms with Crippen LogP contribution in [0.3, 0.4) is 0 Å². The van der Waals surface area contributed by atoms with Gasteiger partial charge in [-0.1, -0.05) is 34.1 Å². The van der Waals surface area contributed by atoms with Crippen molar-refractivity contribution in [1.82, 2.24) is 0 Å². The van der Waals surface area contributed by atoms with E-state index >= 15 is 0 Å². The summed E-state index contributed by atoms with van der Waals surface area (Å²) >= 11 is 3.41. The average molecular weight is 241 g/mol. The Labute approximate surface area is 87.5 Å². The molecule has 2 heteroatoms. The minimum absolute atomic E-state index is 0.633. The highest BCUT2D eigenvalue weighted by molar-refractivity contribution is 9.10. The zero-order valence-corrected chi connectivity index (χ0v) is 9.47. The van der Waals surface area contributed by atoms with E-state index in [1.165, 1.54) is 0 Å². The van der Waals surface area contributed by atoms with E-state index in [1.54, 1.807) is 0 Å². The van der Waals surface area contributed by atoms with Crippen molar-refractivity contribution in [2.24, 2.45) is 0 Å². The fraction of sp³-hybridized carbons (Fsp3) is 0.273. The number of hydrogen-bond acceptors (Lipinski definition) is 1. The minimum Gasteiger partial charge on any atom is -0.489 e. The molecule has 1 aromatic rings. The summed E-state index contributed by atoms with van der Waals surface area (Å²) in [5.41, 5.74) is 1.16. The zero-order valence-electron chi connectivity index (χ0n) is 7.88. The second-order valence-corrected chi connectivity index (χ2v) is 3.71. The van der Waals surface area contributed by atoms with Gasteiger partial charge in [-0.05, 0) is 31.5 Å². The smallest absolute Gasteiger partial charge is 0.123 e. The first-order chi connectivity index (χ1) is 6.24. The van der Waals surface area contributed by atoms with E-state index < -0.39 is 0 Å². The third-order valence-corrected chi connectivity index (χ3v) is 2.21. The summed E-state index contributed by atoms with van der Waals surface area (Å²) in [5.74, 6) is 0.937. The molecule has 0 aromatic heterocycles. The monoisotopic (exact) mass is 240 g/mol. The molecule has 0 unspecified atom stereocenters. The Morgan fingerprint density at radius 2 is 2.23 bits per heavy atom. The Bertz CT molecular complexity index is 305. The summed E-state index contributed by atoms with van der Waals surface area (Å²) in [6, 6.07) is 6.03. The first-order valence-electron chi connectivity index (χ1n) is 4.24. The third-order valence-electron chi connectivity index (χ3n) is 1.72. The van der Waals surface area contributed by atoms with Crippen LogP contribution in [0.2, 0.25) is 0 Å². The summed E-state index contributed by atoms with van der Waals surface area (Å²) in [4.78, 5) is 0. The Morgan fingerprint density at radius 1 is 1.46 bits per heavy atom. The van der Waals surface area contributed by atoms with Gasteiger partial charge in [0.15, 0.2) is 0 Å². The van der Waals surface area contributed by atoms with Crippen LogP contribution in [0.1, 0.15) is 12.5 Å². The Kier molecular flexibility index (Phi) is 4.03. The summed E-state index contributed by atoms with van der Waals surface area (Å²) in [5, 5.41) is 0. The molecule has 1 nitrogen and oxygen atoms in total. The molecule has 0 aliphatic heterocycles. The molecular formula is C11H13BrO. The van der Waals surface area contributed by atoms with Crippen LogP contribution in [0.15, 0.2) is 34.8 Å². The number of hydrogen-bond donors (Lipinski definition) is 0. The highest BCUT2D eigenvalue weighted by atomic mass is 79.9. The van der Waals surface area contributed by atoms with E-state index in [1.807, 2.05) is 44.2 Å². The Morgan fingerprint density at radius 3 is 2.92 bits per heavy atom. The van der Waals surface area contributed by atoms with Crippen molar-refractivity contribution in [3.05, 3.63) is 40.4 Å². The van der Waals surface area contributed by atoms with Gasteiger partial charge in [-0.15, -0.1) is 0 Å². The molecule has 13 heavy (non-hydrogen) atoms. The highest BCUT2D eigenvalue weighted by Gasteiger charge is 1.98. The zero-order chi connectivity index (χ0) is 9.68. The molecule has 70 valence electrons. The van der Waals surface area contributed by atoms with Gasteiger partial charge < -0.3 is 4.74 Å². The number of allylic oxidation sites excluding steroid dienone is 1. The fourth-order valence-electron chi connectivity index (χ4n) is 0.964. The van der Waals surface area contributed by atoms with Crippen molar-refractivity contribution < 1.29 is 4.74 Å². The van der Waals surface area contributed by atoms with Crippen molar-refractivity contribution in [2.45, 2.75) is 13.8 Å². The van der Waals surface area contributed by atoms with E-state index in [4.69, 9.17) is 4.74 Å². The molecule has 0 radical (unpaired) electrons. The van der Waals surface area contributed by atoms with Gasteiger partial charge in [0.2, 0.25) is 0 Å². The number of rotatable bonds is 3. The van der Waals surface area contributed by atoms with Crippen molar-refractivity contribution in [1.29, 1.82) is 0 Å². The molecule has 0 heterocycles. The largest absolute Gasteiger partial charge is 0.489 e. The summed E-state index contributed by atoms with van der Waals surface area (Å²) < 4.78 is 6.59. The fourth-order valence-corrected chi connectivity index (χ4v) is 1.30. The lowest BCUT2D eigenvalue weighted by atomic mass is 10.2. The second-order valence-electron chi connectivity index (χ2n) is 2.79. The first-order valence-corrected chi connectivity index (χ1v) is 5.03. The maximum Gasteiger partial charge on any atom is 0.123 e. The van der Waals surface area contributed by atoms with Gasteiger partial charge >= 0.3 is 0 Å². The van der Waals surface area contributed by atoms with E-state index in [-0.39, 0.29) is 0 Å². The van der Waals surface area contributed by atoms with Crippen LogP contribution in [0, 0.1) is 6.92 Å². The van der Waals surface area contributed by atoms with Crippen LogP contribution in [-0.4, -0.2) is 6.61 Å². The van der Waals surface area contributed by atoms with Crippen LogP contribution in [0.25, 0.3) is 0 Å². The van der Waals surface area contributed by atoms with Gasteiger partial charge in [-0.2, -0.15) is 0 Å². The molecule has 1 rings (SSSR count). The second kappa shape index (κ2) is 5.07. The van der Waals surface area contributed by atoms with Crippen LogP contribution in [-0.2, 0) is 0 Å². The summed E-state index contributed by atoms with van der Waals surface area (Å²) in [7, 11) is 0. The van der Waals surface area contributed by atoms with Gasteiger partial charge in [0.1, 0.15) is 12.4 Å². The molecule has 0 saturated heterocycles. The van der Waals surface area contributed by atoms with E-state index in [2.05, 4.69) is 15.9 Å². The molecule has 0 bridgehead atoms. The molecule has 0 saturated carbocycles. The SMILES string of the molecule is C/C=C/COc1cc(Br)ccc1C. The van der Waals surface area contributed by atoms with Gasteiger partial charge in [-0.25, -0.2) is 0 Å². The van der Waals surface area contributed by atoms with Crippen molar-refractivity contribution in [3.8, 4) is 5.75 Å². The highest BCUT2D eigenvalue weighted by Crippen LogP contribution is 2.22. The van der Waals surface area contributed by atoms with Gasteiger partial charge in [0.25, 0.3) is 0 Å².